The monoisotopic (exact) mass is 177 g/mol. The number of thiophene rings is 1. The summed E-state index contributed by atoms with van der Waals surface area (Å²) >= 11 is 1.47. The SMILES string of the molecule is N#CCC#Cc1csc(CO)c1. The molecule has 0 amide bonds. The van der Waals surface area contributed by atoms with Crippen LogP contribution in [0.25, 0.3) is 0 Å². The van der Waals surface area contributed by atoms with Crippen molar-refractivity contribution in [1.82, 2.24) is 0 Å². The Morgan fingerprint density at radius 2 is 2.42 bits per heavy atom. The second-order valence-corrected chi connectivity index (χ2v) is 3.09. The molecule has 0 aromatic carbocycles. The number of rotatable bonds is 1. The first kappa shape index (κ1) is 8.80. The average Bonchev–Trinajstić information content (AvgIpc) is 2.53. The highest BCUT2D eigenvalue weighted by Gasteiger charge is 1.93. The first-order chi connectivity index (χ1) is 5.86. The molecule has 1 aromatic rings. The molecule has 0 aliphatic carbocycles. The van der Waals surface area contributed by atoms with Gasteiger partial charge in [0.05, 0.1) is 19.1 Å². The lowest BCUT2D eigenvalue weighted by Gasteiger charge is -1.80. The molecule has 0 bridgehead atoms. The number of hydrogen-bond donors (Lipinski definition) is 1. The smallest absolute Gasteiger partial charge is 0.0966 e. The zero-order chi connectivity index (χ0) is 8.81. The maximum Gasteiger partial charge on any atom is 0.0966 e. The molecule has 1 heterocycles. The lowest BCUT2D eigenvalue weighted by atomic mass is 10.3. The lowest BCUT2D eigenvalue weighted by Crippen LogP contribution is -1.72. The molecule has 60 valence electrons. The van der Waals surface area contributed by atoms with Crippen molar-refractivity contribution in [2.45, 2.75) is 13.0 Å². The topological polar surface area (TPSA) is 44.0 Å². The van der Waals surface area contributed by atoms with E-state index in [0.29, 0.717) is 0 Å². The van der Waals surface area contributed by atoms with Crippen LogP contribution in [-0.4, -0.2) is 5.11 Å². The Hall–Kier alpha value is -1.29. The quantitative estimate of drug-likeness (QED) is 0.661. The minimum Gasteiger partial charge on any atom is -0.391 e. The summed E-state index contributed by atoms with van der Waals surface area (Å²) in [5.41, 5.74) is 0.874. The summed E-state index contributed by atoms with van der Waals surface area (Å²) in [6.45, 7) is 0.0601. The van der Waals surface area contributed by atoms with E-state index in [9.17, 15) is 0 Å². The molecule has 1 aromatic heterocycles. The highest BCUT2D eigenvalue weighted by Crippen LogP contribution is 2.12. The van der Waals surface area contributed by atoms with Gasteiger partial charge in [0.1, 0.15) is 0 Å². The van der Waals surface area contributed by atoms with Crippen molar-refractivity contribution in [3.05, 3.63) is 21.9 Å². The van der Waals surface area contributed by atoms with Gasteiger partial charge in [-0.2, -0.15) is 5.26 Å². The zero-order valence-corrected chi connectivity index (χ0v) is 7.19. The number of aliphatic hydroxyl groups excluding tert-OH is 1. The Bertz CT molecular complexity index is 351. The third kappa shape index (κ3) is 2.39. The normalized spacial score (nSPS) is 8.33. The highest BCUT2D eigenvalue weighted by molar-refractivity contribution is 7.10. The van der Waals surface area contributed by atoms with E-state index in [1.807, 2.05) is 17.5 Å². The molecular formula is C9H7NOS. The van der Waals surface area contributed by atoms with Crippen LogP contribution in [0.15, 0.2) is 11.4 Å². The van der Waals surface area contributed by atoms with E-state index in [1.165, 1.54) is 11.3 Å². The molecule has 0 aliphatic rings. The summed E-state index contributed by atoms with van der Waals surface area (Å²) in [4.78, 5) is 0.899. The molecule has 0 aliphatic heterocycles. The Morgan fingerprint density at radius 3 is 3.00 bits per heavy atom. The van der Waals surface area contributed by atoms with Crippen LogP contribution in [0.2, 0.25) is 0 Å². The number of nitrogens with zero attached hydrogens (tertiary/aromatic N) is 1. The molecule has 1 rings (SSSR count). The van der Waals surface area contributed by atoms with Gasteiger partial charge in [-0.3, -0.25) is 0 Å². The van der Waals surface area contributed by atoms with E-state index >= 15 is 0 Å². The molecule has 12 heavy (non-hydrogen) atoms. The van der Waals surface area contributed by atoms with Gasteiger partial charge < -0.3 is 5.11 Å². The molecular weight excluding hydrogens is 170 g/mol. The fourth-order valence-electron chi connectivity index (χ4n) is 0.715. The molecule has 0 unspecified atom stereocenters. The van der Waals surface area contributed by atoms with Crippen LogP contribution < -0.4 is 0 Å². The van der Waals surface area contributed by atoms with Crippen molar-refractivity contribution >= 4 is 11.3 Å². The fourth-order valence-corrected chi connectivity index (χ4v) is 1.39. The first-order valence-electron chi connectivity index (χ1n) is 3.41. The fraction of sp³-hybridized carbons (Fsp3) is 0.222. The number of aliphatic hydroxyl groups is 1. The standard InChI is InChI=1S/C9H7NOS/c10-4-2-1-3-8-5-9(6-11)12-7-8/h5,7,11H,2,6H2. The van der Waals surface area contributed by atoms with Crippen molar-refractivity contribution in [3.8, 4) is 17.9 Å². The lowest BCUT2D eigenvalue weighted by molar-refractivity contribution is 0.285. The summed E-state index contributed by atoms with van der Waals surface area (Å²) < 4.78 is 0. The Morgan fingerprint density at radius 1 is 1.58 bits per heavy atom. The second-order valence-electron chi connectivity index (χ2n) is 2.10. The van der Waals surface area contributed by atoms with Crippen LogP contribution in [0.4, 0.5) is 0 Å². The van der Waals surface area contributed by atoms with Crippen molar-refractivity contribution in [2.75, 3.05) is 0 Å². The second kappa shape index (κ2) is 4.56. The van der Waals surface area contributed by atoms with Gasteiger partial charge in [-0.1, -0.05) is 11.8 Å². The van der Waals surface area contributed by atoms with Crippen LogP contribution in [-0.2, 0) is 6.61 Å². The molecule has 0 radical (unpaired) electrons. The van der Waals surface area contributed by atoms with E-state index in [4.69, 9.17) is 10.4 Å². The van der Waals surface area contributed by atoms with E-state index in [2.05, 4.69) is 11.8 Å². The molecule has 2 nitrogen and oxygen atoms in total. The third-order valence-corrected chi connectivity index (χ3v) is 2.13. The molecule has 0 saturated carbocycles. The van der Waals surface area contributed by atoms with Gasteiger partial charge in [-0.15, -0.1) is 11.3 Å². The van der Waals surface area contributed by atoms with Crippen LogP contribution in [0, 0.1) is 23.2 Å². The molecule has 0 fully saturated rings. The summed E-state index contributed by atoms with van der Waals surface area (Å²) in [5.74, 6) is 5.53. The van der Waals surface area contributed by atoms with Gasteiger partial charge in [0.25, 0.3) is 0 Å². The maximum atomic E-state index is 8.73. The summed E-state index contributed by atoms with van der Waals surface area (Å²) in [6, 6.07) is 3.77. The van der Waals surface area contributed by atoms with E-state index in [1.54, 1.807) is 0 Å². The summed E-state index contributed by atoms with van der Waals surface area (Å²) in [6.07, 6.45) is 0.254. The Kier molecular flexibility index (Phi) is 3.35. The zero-order valence-electron chi connectivity index (χ0n) is 6.37. The molecule has 0 saturated heterocycles. The Balaban J connectivity index is 2.67. The van der Waals surface area contributed by atoms with Crippen LogP contribution >= 0.6 is 11.3 Å². The van der Waals surface area contributed by atoms with E-state index in [-0.39, 0.29) is 13.0 Å². The highest BCUT2D eigenvalue weighted by atomic mass is 32.1. The molecule has 0 spiro atoms. The predicted octanol–water partition coefficient (Wildman–Crippen LogP) is 1.51. The van der Waals surface area contributed by atoms with E-state index in [0.717, 1.165) is 10.4 Å². The van der Waals surface area contributed by atoms with Crippen molar-refractivity contribution in [2.24, 2.45) is 0 Å². The van der Waals surface area contributed by atoms with Crippen molar-refractivity contribution in [1.29, 1.82) is 5.26 Å². The van der Waals surface area contributed by atoms with Crippen LogP contribution in [0.5, 0.6) is 0 Å². The van der Waals surface area contributed by atoms with Gasteiger partial charge in [0.2, 0.25) is 0 Å². The van der Waals surface area contributed by atoms with Gasteiger partial charge in [-0.05, 0) is 6.07 Å². The van der Waals surface area contributed by atoms with E-state index < -0.39 is 0 Å². The number of nitriles is 1. The average molecular weight is 177 g/mol. The molecule has 0 atom stereocenters. The minimum absolute atomic E-state index is 0.0601. The molecule has 3 heteroatoms. The first-order valence-corrected chi connectivity index (χ1v) is 4.29. The van der Waals surface area contributed by atoms with Crippen LogP contribution in [0.3, 0.4) is 0 Å². The summed E-state index contributed by atoms with van der Waals surface area (Å²) in [7, 11) is 0. The molecule has 1 N–H and O–H groups in total. The third-order valence-electron chi connectivity index (χ3n) is 1.21. The largest absolute Gasteiger partial charge is 0.391 e. The Labute approximate surface area is 75.1 Å². The van der Waals surface area contributed by atoms with Gasteiger partial charge in [-0.25, -0.2) is 0 Å². The summed E-state index contributed by atoms with van der Waals surface area (Å²) in [5, 5.41) is 18.8. The maximum absolute atomic E-state index is 8.73. The van der Waals surface area contributed by atoms with Crippen molar-refractivity contribution < 1.29 is 5.11 Å². The van der Waals surface area contributed by atoms with Gasteiger partial charge in [0.15, 0.2) is 0 Å². The number of hydrogen-bond acceptors (Lipinski definition) is 3. The van der Waals surface area contributed by atoms with Crippen LogP contribution in [0.1, 0.15) is 16.9 Å². The predicted molar refractivity (Wildman–Crippen MR) is 47.3 cm³/mol. The van der Waals surface area contributed by atoms with Gasteiger partial charge in [0, 0.05) is 15.8 Å². The van der Waals surface area contributed by atoms with Gasteiger partial charge >= 0.3 is 0 Å². The minimum atomic E-state index is 0.0601. The van der Waals surface area contributed by atoms with Crippen molar-refractivity contribution in [3.63, 3.8) is 0 Å².